The van der Waals surface area contributed by atoms with Crippen LogP contribution in [0.25, 0.3) is 6.08 Å². The number of nitrogens with zero attached hydrogens (tertiary/aromatic N) is 2. The number of allylic oxidation sites excluding steroid dienone is 1. The highest BCUT2D eigenvalue weighted by Gasteiger charge is 2.35. The third-order valence-corrected chi connectivity index (χ3v) is 8.50. The summed E-state index contributed by atoms with van der Waals surface area (Å²) in [7, 11) is 3.17. The second kappa shape index (κ2) is 11.6. The van der Waals surface area contributed by atoms with Crippen molar-refractivity contribution >= 4 is 84.5 Å². The molecule has 1 aliphatic rings. The van der Waals surface area contributed by atoms with Crippen LogP contribution in [0.15, 0.2) is 55.9 Å². The molecular formula is C26H23BrI2N2O5S. The van der Waals surface area contributed by atoms with Gasteiger partial charge in [0.2, 0.25) is 0 Å². The van der Waals surface area contributed by atoms with Crippen LogP contribution in [0.3, 0.4) is 0 Å². The van der Waals surface area contributed by atoms with E-state index in [2.05, 4.69) is 66.1 Å². The normalized spacial score (nSPS) is 15.5. The van der Waals surface area contributed by atoms with Crippen LogP contribution < -0.4 is 24.4 Å². The summed E-state index contributed by atoms with van der Waals surface area (Å²) in [6, 6.07) is 8.69. The molecule has 0 aliphatic carbocycles. The van der Waals surface area contributed by atoms with Crippen molar-refractivity contribution in [2.75, 3.05) is 14.2 Å². The predicted molar refractivity (Wildman–Crippen MR) is 164 cm³/mol. The predicted octanol–water partition coefficient (Wildman–Crippen LogP) is 5.18. The highest BCUT2D eigenvalue weighted by Crippen LogP contribution is 2.37. The summed E-state index contributed by atoms with van der Waals surface area (Å²) >= 11 is 9.25. The van der Waals surface area contributed by atoms with Crippen LogP contribution in [0.4, 0.5) is 0 Å². The number of aromatic nitrogens is 1. The molecule has 0 amide bonds. The monoisotopic (exact) mass is 808 g/mol. The van der Waals surface area contributed by atoms with Gasteiger partial charge in [-0.1, -0.05) is 27.3 Å². The zero-order chi connectivity index (χ0) is 27.0. The van der Waals surface area contributed by atoms with Gasteiger partial charge in [-0.3, -0.25) is 9.36 Å². The first-order valence-corrected chi connectivity index (χ1v) is 14.9. The average Bonchev–Trinajstić information content (AvgIpc) is 3.11. The molecule has 0 N–H and O–H groups in total. The fourth-order valence-electron chi connectivity index (χ4n) is 4.12. The van der Waals surface area contributed by atoms with Crippen LogP contribution in [0, 0.1) is 7.14 Å². The molecule has 0 radical (unpaired) electrons. The third-order valence-electron chi connectivity index (χ3n) is 5.60. The van der Waals surface area contributed by atoms with E-state index in [-0.39, 0.29) is 11.7 Å². The zero-order valence-electron chi connectivity index (χ0n) is 20.6. The Bertz CT molecular complexity index is 1610. The summed E-state index contributed by atoms with van der Waals surface area (Å²) in [5.41, 5.74) is 1.96. The van der Waals surface area contributed by atoms with Crippen molar-refractivity contribution in [1.29, 1.82) is 0 Å². The number of hydrogen-bond donors (Lipinski definition) is 0. The van der Waals surface area contributed by atoms with Crippen LogP contribution in [0.5, 0.6) is 11.5 Å². The number of halogens is 3. The van der Waals surface area contributed by atoms with Crippen molar-refractivity contribution in [3.8, 4) is 11.5 Å². The summed E-state index contributed by atoms with van der Waals surface area (Å²) in [6.45, 7) is 5.33. The molecule has 7 nitrogen and oxygen atoms in total. The Balaban J connectivity index is 2.04. The molecule has 4 rings (SSSR count). The van der Waals surface area contributed by atoms with Gasteiger partial charge in [-0.15, -0.1) is 0 Å². The standard InChI is InChI=1S/C26H23BrI2N2O5S/c1-12(2)36-25(33)21-13(3)30-26-31(22(21)17-10-15(27)6-7-19(17)34-4)24(32)20(37-26)9-14-8-16(28)11-18(29)23(14)35-5/h6-12,22H,1-5H3/b20-9-/t22-/m0/s1. The molecule has 3 aromatic rings. The van der Waals surface area contributed by atoms with Gasteiger partial charge in [-0.25, -0.2) is 9.79 Å². The second-order valence-electron chi connectivity index (χ2n) is 8.43. The van der Waals surface area contributed by atoms with Crippen LogP contribution in [0.2, 0.25) is 0 Å². The van der Waals surface area contributed by atoms with Gasteiger partial charge in [0.1, 0.15) is 17.5 Å². The van der Waals surface area contributed by atoms with E-state index in [1.165, 1.54) is 11.3 Å². The van der Waals surface area contributed by atoms with Crippen molar-refractivity contribution in [2.24, 2.45) is 4.99 Å². The van der Waals surface area contributed by atoms with Gasteiger partial charge in [0.05, 0.1) is 39.7 Å². The van der Waals surface area contributed by atoms with E-state index >= 15 is 0 Å². The first-order chi connectivity index (χ1) is 17.5. The van der Waals surface area contributed by atoms with Gasteiger partial charge in [0.25, 0.3) is 5.56 Å². The molecule has 2 heterocycles. The summed E-state index contributed by atoms with van der Waals surface area (Å²) in [6.07, 6.45) is 1.48. The van der Waals surface area contributed by atoms with E-state index < -0.39 is 12.0 Å². The van der Waals surface area contributed by atoms with Gasteiger partial charge in [0, 0.05) is 19.2 Å². The number of esters is 1. The largest absolute Gasteiger partial charge is 0.496 e. The second-order valence-corrected chi connectivity index (χ2v) is 12.8. The summed E-state index contributed by atoms with van der Waals surface area (Å²) in [4.78, 5) is 32.4. The van der Waals surface area contributed by atoms with E-state index in [0.29, 0.717) is 37.7 Å². The van der Waals surface area contributed by atoms with Gasteiger partial charge in [-0.2, -0.15) is 0 Å². The van der Waals surface area contributed by atoms with E-state index in [0.717, 1.165) is 17.2 Å². The number of methoxy groups -OCH3 is 2. The molecule has 194 valence electrons. The number of ether oxygens (including phenoxy) is 3. The topological polar surface area (TPSA) is 79.1 Å². The van der Waals surface area contributed by atoms with Gasteiger partial charge in [0.15, 0.2) is 4.80 Å². The Morgan fingerprint density at radius 2 is 1.92 bits per heavy atom. The molecule has 11 heteroatoms. The molecule has 0 saturated heterocycles. The minimum Gasteiger partial charge on any atom is -0.496 e. The Kier molecular flexibility index (Phi) is 8.86. The molecule has 37 heavy (non-hydrogen) atoms. The van der Waals surface area contributed by atoms with Crippen LogP contribution in [-0.2, 0) is 9.53 Å². The molecule has 0 unspecified atom stereocenters. The van der Waals surface area contributed by atoms with Crippen molar-refractivity contribution < 1.29 is 19.0 Å². The smallest absolute Gasteiger partial charge is 0.338 e. The lowest BCUT2D eigenvalue weighted by molar-refractivity contribution is -0.143. The maximum absolute atomic E-state index is 14.0. The van der Waals surface area contributed by atoms with Crippen molar-refractivity contribution in [2.45, 2.75) is 32.9 Å². The number of rotatable bonds is 6. The SMILES string of the molecule is COc1ccc(Br)cc1[C@H]1C(C(=O)OC(C)C)=C(C)N=c2s/c(=C\c3cc(I)cc(I)c3OC)c(=O)n21. The average molecular weight is 809 g/mol. The van der Waals surface area contributed by atoms with Gasteiger partial charge >= 0.3 is 5.97 Å². The van der Waals surface area contributed by atoms with Crippen molar-refractivity contribution in [1.82, 2.24) is 4.57 Å². The Morgan fingerprint density at radius 3 is 2.57 bits per heavy atom. The van der Waals surface area contributed by atoms with E-state index in [1.807, 2.05) is 30.3 Å². The van der Waals surface area contributed by atoms with E-state index in [9.17, 15) is 9.59 Å². The van der Waals surface area contributed by atoms with Crippen LogP contribution in [0.1, 0.15) is 37.9 Å². The molecule has 1 aromatic heterocycles. The maximum Gasteiger partial charge on any atom is 0.338 e. The first-order valence-electron chi connectivity index (χ1n) is 11.2. The maximum atomic E-state index is 14.0. The summed E-state index contributed by atoms with van der Waals surface area (Å²) < 4.78 is 21.6. The highest BCUT2D eigenvalue weighted by molar-refractivity contribution is 14.1. The summed E-state index contributed by atoms with van der Waals surface area (Å²) in [5, 5.41) is 0. The lowest BCUT2D eigenvalue weighted by Gasteiger charge is -2.26. The molecule has 2 aromatic carbocycles. The molecule has 1 atom stereocenters. The summed E-state index contributed by atoms with van der Waals surface area (Å²) in [5.74, 6) is 0.710. The lowest BCUT2D eigenvalue weighted by Crippen LogP contribution is -2.40. The number of carbonyl (C=O) groups is 1. The molecule has 0 fully saturated rings. The molecule has 0 spiro atoms. The Hall–Kier alpha value is -1.71. The number of benzene rings is 2. The van der Waals surface area contributed by atoms with E-state index in [4.69, 9.17) is 14.2 Å². The third kappa shape index (κ3) is 5.69. The Morgan fingerprint density at radius 1 is 1.19 bits per heavy atom. The molecular weight excluding hydrogens is 786 g/mol. The van der Waals surface area contributed by atoms with Gasteiger partial charge in [-0.05, 0) is 102 Å². The van der Waals surface area contributed by atoms with Crippen molar-refractivity contribution in [3.05, 3.63) is 84.0 Å². The lowest BCUT2D eigenvalue weighted by atomic mass is 9.95. The zero-order valence-corrected chi connectivity index (χ0v) is 27.3. The minimum atomic E-state index is -0.782. The van der Waals surface area contributed by atoms with Gasteiger partial charge < -0.3 is 14.2 Å². The Labute approximate surface area is 253 Å². The fourth-order valence-corrected chi connectivity index (χ4v) is 7.64. The number of thiazole rings is 1. The first kappa shape index (κ1) is 28.3. The number of carbonyl (C=O) groups excluding carboxylic acids is 1. The molecule has 0 saturated carbocycles. The van der Waals surface area contributed by atoms with Crippen LogP contribution in [-0.4, -0.2) is 30.9 Å². The van der Waals surface area contributed by atoms with Crippen LogP contribution >= 0.6 is 72.4 Å². The fraction of sp³-hybridized carbons (Fsp3) is 0.269. The number of fused-ring (bicyclic) bond motifs is 1. The number of hydrogen-bond acceptors (Lipinski definition) is 7. The minimum absolute atomic E-state index is 0.269. The van der Waals surface area contributed by atoms with Crippen molar-refractivity contribution in [3.63, 3.8) is 0 Å². The highest BCUT2D eigenvalue weighted by atomic mass is 127. The molecule has 0 bridgehead atoms. The molecule has 1 aliphatic heterocycles. The van der Waals surface area contributed by atoms with E-state index in [1.54, 1.807) is 45.6 Å². The quantitative estimate of drug-likeness (QED) is 0.254.